The monoisotopic (exact) mass is 386 g/mol. The van der Waals surface area contributed by atoms with Crippen LogP contribution in [0.5, 0.6) is 5.75 Å². The van der Waals surface area contributed by atoms with Crippen LogP contribution in [0.1, 0.15) is 13.3 Å². The summed E-state index contributed by atoms with van der Waals surface area (Å²) < 4.78 is 46.5. The van der Waals surface area contributed by atoms with Gasteiger partial charge in [0.15, 0.2) is 12.0 Å². The molecule has 2 aromatic rings. The van der Waals surface area contributed by atoms with Crippen LogP contribution in [0.15, 0.2) is 41.3 Å². The molecule has 0 radical (unpaired) electrons. The molecule has 1 heterocycles. The molecule has 1 aliphatic rings. The van der Waals surface area contributed by atoms with Gasteiger partial charge in [-0.15, -0.1) is 0 Å². The number of anilines is 2. The van der Waals surface area contributed by atoms with Crippen molar-refractivity contribution in [2.75, 3.05) is 10.0 Å². The van der Waals surface area contributed by atoms with E-state index in [-0.39, 0.29) is 27.0 Å². The summed E-state index contributed by atoms with van der Waals surface area (Å²) in [5, 5.41) is 12.9. The average molecular weight is 387 g/mol. The number of benzene rings is 2. The fraction of sp³-hybridized carbons (Fsp3) is 0.250. The number of halogens is 2. The molecule has 2 aromatic carbocycles. The van der Waals surface area contributed by atoms with Gasteiger partial charge in [0.25, 0.3) is 10.0 Å². The Kier molecular flexibility index (Phi) is 4.77. The molecular weight excluding hydrogens is 371 g/mol. The summed E-state index contributed by atoms with van der Waals surface area (Å²) in [6.45, 7) is 1.81. The lowest BCUT2D eigenvalue weighted by atomic mass is 10.1. The number of ether oxygens (including phenoxy) is 1. The van der Waals surface area contributed by atoms with Crippen molar-refractivity contribution in [2.24, 2.45) is 0 Å². The molecule has 0 fully saturated rings. The first kappa shape index (κ1) is 17.8. The summed E-state index contributed by atoms with van der Waals surface area (Å²) in [7, 11) is -4.04. The molecule has 0 aliphatic carbocycles. The Labute approximate surface area is 149 Å². The van der Waals surface area contributed by atoms with Gasteiger partial charge in [0.2, 0.25) is 0 Å². The first-order valence-corrected chi connectivity index (χ1v) is 9.39. The maximum atomic E-state index is 13.0. The van der Waals surface area contributed by atoms with E-state index >= 15 is 0 Å². The van der Waals surface area contributed by atoms with Gasteiger partial charge >= 0.3 is 0 Å². The van der Waals surface area contributed by atoms with Crippen molar-refractivity contribution in [3.05, 3.63) is 47.2 Å². The first-order chi connectivity index (χ1) is 11.8. The molecular formula is C16H16ClFN2O4S. The van der Waals surface area contributed by atoms with E-state index in [1.165, 1.54) is 24.3 Å². The van der Waals surface area contributed by atoms with Crippen LogP contribution in [0.2, 0.25) is 5.02 Å². The normalized spacial score (nSPS) is 19.5. The summed E-state index contributed by atoms with van der Waals surface area (Å²) >= 11 is 6.01. The molecule has 0 amide bonds. The van der Waals surface area contributed by atoms with Crippen molar-refractivity contribution in [3.8, 4) is 5.75 Å². The molecule has 0 spiro atoms. The van der Waals surface area contributed by atoms with E-state index in [0.717, 1.165) is 12.1 Å². The second kappa shape index (κ2) is 6.70. The van der Waals surface area contributed by atoms with E-state index in [9.17, 15) is 17.9 Å². The highest BCUT2D eigenvalue weighted by molar-refractivity contribution is 7.92. The minimum absolute atomic E-state index is 0.0798. The van der Waals surface area contributed by atoms with Crippen molar-refractivity contribution < 1.29 is 22.7 Å². The van der Waals surface area contributed by atoms with Crippen LogP contribution < -0.4 is 14.8 Å². The van der Waals surface area contributed by atoms with E-state index in [2.05, 4.69) is 10.0 Å². The Balaban J connectivity index is 2.03. The van der Waals surface area contributed by atoms with Crippen molar-refractivity contribution >= 4 is 33.0 Å². The largest absolute Gasteiger partial charge is 0.482 e. The second-order valence-electron chi connectivity index (χ2n) is 5.55. The number of hydrogen-bond donors (Lipinski definition) is 3. The van der Waals surface area contributed by atoms with E-state index in [4.69, 9.17) is 16.3 Å². The van der Waals surface area contributed by atoms with Gasteiger partial charge in [-0.25, -0.2) is 12.8 Å². The minimum atomic E-state index is -4.04. The quantitative estimate of drug-likeness (QED) is 0.751. The molecule has 0 saturated carbocycles. The maximum absolute atomic E-state index is 13.0. The third kappa shape index (κ3) is 3.65. The van der Waals surface area contributed by atoms with Gasteiger partial charge in [0, 0.05) is 10.7 Å². The van der Waals surface area contributed by atoms with E-state index < -0.39 is 28.2 Å². The van der Waals surface area contributed by atoms with Crippen LogP contribution in [0.4, 0.5) is 15.8 Å². The molecule has 2 unspecified atom stereocenters. The molecule has 9 heteroatoms. The number of nitrogens with one attached hydrogen (secondary N) is 2. The topological polar surface area (TPSA) is 87.7 Å². The summed E-state index contributed by atoms with van der Waals surface area (Å²) in [5.41, 5.74) is 0.482. The Bertz CT molecular complexity index is 890. The molecule has 3 rings (SSSR count). The number of hydrogen-bond acceptors (Lipinski definition) is 5. The number of rotatable bonds is 4. The van der Waals surface area contributed by atoms with Gasteiger partial charge < -0.3 is 15.2 Å². The minimum Gasteiger partial charge on any atom is -0.482 e. The Morgan fingerprint density at radius 3 is 2.64 bits per heavy atom. The highest BCUT2D eigenvalue weighted by Crippen LogP contribution is 2.40. The highest BCUT2D eigenvalue weighted by Gasteiger charge is 2.32. The van der Waals surface area contributed by atoms with Crippen LogP contribution in [-0.2, 0) is 10.0 Å². The zero-order chi connectivity index (χ0) is 18.2. The van der Waals surface area contributed by atoms with E-state index in [1.807, 2.05) is 0 Å². The SMILES string of the molecule is CCC1Oc2c(cc(Cl)cc2S(=O)(=O)Nc2ccc(F)cc2)NC1O. The molecule has 1 aliphatic heterocycles. The van der Waals surface area contributed by atoms with Crippen LogP contribution in [0.3, 0.4) is 0 Å². The molecule has 3 N–H and O–H groups in total. The van der Waals surface area contributed by atoms with Gasteiger partial charge in [0.05, 0.1) is 5.69 Å². The van der Waals surface area contributed by atoms with Crippen molar-refractivity contribution in [3.63, 3.8) is 0 Å². The van der Waals surface area contributed by atoms with Gasteiger partial charge in [-0.2, -0.15) is 0 Å². The van der Waals surface area contributed by atoms with Gasteiger partial charge in [-0.3, -0.25) is 4.72 Å². The lowest BCUT2D eigenvalue weighted by Crippen LogP contribution is -2.41. The third-order valence-electron chi connectivity index (χ3n) is 3.73. The first-order valence-electron chi connectivity index (χ1n) is 7.53. The zero-order valence-corrected chi connectivity index (χ0v) is 14.7. The van der Waals surface area contributed by atoms with E-state index in [0.29, 0.717) is 6.42 Å². The van der Waals surface area contributed by atoms with Crippen molar-refractivity contribution in [2.45, 2.75) is 30.6 Å². The lowest BCUT2D eigenvalue weighted by molar-refractivity contribution is 0.0408. The molecule has 0 saturated heterocycles. The fourth-order valence-corrected chi connectivity index (χ4v) is 4.02. The highest BCUT2D eigenvalue weighted by atomic mass is 35.5. The number of fused-ring (bicyclic) bond motifs is 1. The predicted molar refractivity (Wildman–Crippen MR) is 93.0 cm³/mol. The van der Waals surface area contributed by atoms with Crippen LogP contribution in [0, 0.1) is 5.82 Å². The van der Waals surface area contributed by atoms with E-state index in [1.54, 1.807) is 6.92 Å². The molecule has 0 bridgehead atoms. The standard InChI is InChI=1S/C16H16ClFN2O4S/c1-2-13-16(21)19-12-7-9(17)8-14(15(12)24-13)25(22,23)20-11-5-3-10(18)4-6-11/h3-8,13,16,19-21H,2H2,1H3. The second-order valence-corrected chi connectivity index (χ2v) is 7.63. The molecule has 0 aromatic heterocycles. The summed E-state index contributed by atoms with van der Waals surface area (Å²) in [6, 6.07) is 7.64. The summed E-state index contributed by atoms with van der Waals surface area (Å²) in [4.78, 5) is -0.169. The van der Waals surface area contributed by atoms with Crippen LogP contribution in [-0.4, -0.2) is 25.9 Å². The number of sulfonamides is 1. The third-order valence-corrected chi connectivity index (χ3v) is 5.34. The Hall–Kier alpha value is -2.03. The molecule has 6 nitrogen and oxygen atoms in total. The number of aliphatic hydroxyl groups is 1. The van der Waals surface area contributed by atoms with Crippen LogP contribution >= 0.6 is 11.6 Å². The smallest absolute Gasteiger partial charge is 0.265 e. The van der Waals surface area contributed by atoms with Crippen molar-refractivity contribution in [1.82, 2.24) is 0 Å². The van der Waals surface area contributed by atoms with Crippen LogP contribution in [0.25, 0.3) is 0 Å². The van der Waals surface area contributed by atoms with Gasteiger partial charge in [0.1, 0.15) is 16.8 Å². The van der Waals surface area contributed by atoms with Crippen molar-refractivity contribution in [1.29, 1.82) is 0 Å². The molecule has 134 valence electrons. The average Bonchev–Trinajstić information content (AvgIpc) is 2.55. The van der Waals surface area contributed by atoms with Gasteiger partial charge in [-0.1, -0.05) is 18.5 Å². The lowest BCUT2D eigenvalue weighted by Gasteiger charge is -2.32. The predicted octanol–water partition coefficient (Wildman–Crippen LogP) is 3.18. The molecule has 2 atom stereocenters. The zero-order valence-electron chi connectivity index (χ0n) is 13.2. The molecule has 25 heavy (non-hydrogen) atoms. The maximum Gasteiger partial charge on any atom is 0.265 e. The van der Waals surface area contributed by atoms with Gasteiger partial charge in [-0.05, 0) is 42.8 Å². The summed E-state index contributed by atoms with van der Waals surface area (Å²) in [6.07, 6.45) is -1.11. The fourth-order valence-electron chi connectivity index (χ4n) is 2.50. The number of aliphatic hydroxyl groups excluding tert-OH is 1. The Morgan fingerprint density at radius 1 is 1.32 bits per heavy atom. The Morgan fingerprint density at radius 2 is 2.00 bits per heavy atom. The summed E-state index contributed by atoms with van der Waals surface area (Å²) in [5.74, 6) is -0.397.